The van der Waals surface area contributed by atoms with E-state index in [1.54, 1.807) is 12.1 Å². The molecule has 9 heteroatoms. The minimum Gasteiger partial charge on any atom is -0.490 e. The highest BCUT2D eigenvalue weighted by Gasteiger charge is 2.30. The Kier molecular flexibility index (Phi) is 5.31. The minimum atomic E-state index is -1.25. The van der Waals surface area contributed by atoms with Gasteiger partial charge < -0.3 is 24.1 Å². The molecule has 1 fully saturated rings. The van der Waals surface area contributed by atoms with Gasteiger partial charge in [0.15, 0.2) is 0 Å². The van der Waals surface area contributed by atoms with E-state index in [9.17, 15) is 14.0 Å². The zero-order valence-electron chi connectivity index (χ0n) is 18.5. The molecule has 1 amide bonds. The summed E-state index contributed by atoms with van der Waals surface area (Å²) in [5.41, 5.74) is 6.97. The van der Waals surface area contributed by atoms with Crippen LogP contribution in [-0.2, 0) is 4.74 Å². The van der Waals surface area contributed by atoms with E-state index in [2.05, 4.69) is 9.89 Å². The molecule has 0 bridgehead atoms. The molecule has 1 aliphatic carbocycles. The average Bonchev–Trinajstić information content (AvgIpc) is 3.38. The second-order valence-corrected chi connectivity index (χ2v) is 8.42. The molecule has 4 aromatic rings. The van der Waals surface area contributed by atoms with Gasteiger partial charge in [0.25, 0.3) is 0 Å². The van der Waals surface area contributed by atoms with Crippen LogP contribution < -0.4 is 10.5 Å². The first-order valence-electron chi connectivity index (χ1n) is 10.8. The van der Waals surface area contributed by atoms with Crippen LogP contribution in [0.2, 0.25) is 0 Å². The van der Waals surface area contributed by atoms with E-state index in [1.807, 2.05) is 19.9 Å². The number of nitrogens with two attached hydrogens (primary N) is 1. The monoisotopic (exact) mass is 464 g/mol. The van der Waals surface area contributed by atoms with E-state index >= 15 is 0 Å². The van der Waals surface area contributed by atoms with Gasteiger partial charge in [-0.05, 0) is 63.1 Å². The van der Waals surface area contributed by atoms with E-state index in [4.69, 9.17) is 19.4 Å². The third-order valence-corrected chi connectivity index (χ3v) is 5.44. The summed E-state index contributed by atoms with van der Waals surface area (Å²) in [6.45, 7) is 3.74. The van der Waals surface area contributed by atoms with Gasteiger partial charge in [-0.3, -0.25) is 0 Å². The largest absolute Gasteiger partial charge is 0.490 e. The van der Waals surface area contributed by atoms with Crippen molar-refractivity contribution < 1.29 is 32.4 Å². The number of rotatable bonds is 6. The predicted molar refractivity (Wildman–Crippen MR) is 120 cm³/mol. The molecule has 2 aromatic carbocycles. The fourth-order valence-electron chi connectivity index (χ4n) is 3.80. The molecule has 174 valence electrons. The summed E-state index contributed by atoms with van der Waals surface area (Å²) >= 11 is 0. The molecule has 2 aromatic heterocycles. The summed E-state index contributed by atoms with van der Waals surface area (Å²) in [5, 5.41) is 4.55. The lowest BCUT2D eigenvalue weighted by atomic mass is 10.0. The zero-order chi connectivity index (χ0) is 24.0. The van der Waals surface area contributed by atoms with Gasteiger partial charge >= 0.3 is 12.1 Å². The summed E-state index contributed by atoms with van der Waals surface area (Å²) in [6.07, 6.45) is 0.687. The first kappa shape index (κ1) is 21.7. The molecule has 0 saturated heterocycles. The lowest BCUT2D eigenvalue weighted by Crippen LogP contribution is -2.18. The number of furan rings is 1. The second-order valence-electron chi connectivity index (χ2n) is 8.42. The summed E-state index contributed by atoms with van der Waals surface area (Å²) in [6, 6.07) is 10.6. The Morgan fingerprint density at radius 1 is 1.15 bits per heavy atom. The molecule has 0 radical (unpaired) electrons. The van der Waals surface area contributed by atoms with E-state index < -0.39 is 17.9 Å². The number of carbonyl (C=O) groups excluding carboxylic acids is 2. The van der Waals surface area contributed by atoms with Crippen LogP contribution in [0.25, 0.3) is 33.6 Å². The maximum Gasteiger partial charge on any atom is 0.412 e. The van der Waals surface area contributed by atoms with Crippen molar-refractivity contribution >= 4 is 23.0 Å². The molecule has 34 heavy (non-hydrogen) atoms. The Bertz CT molecular complexity index is 1400. The molecule has 0 spiro atoms. The van der Waals surface area contributed by atoms with Gasteiger partial charge in [-0.15, -0.1) is 0 Å². The number of ether oxygens (including phenoxy) is 2. The maximum absolute atomic E-state index is 13.5. The number of benzene rings is 2. The van der Waals surface area contributed by atoms with Crippen LogP contribution in [0, 0.1) is 5.82 Å². The van der Waals surface area contributed by atoms with Gasteiger partial charge in [-0.2, -0.15) is 0 Å². The first-order valence-corrected chi connectivity index (χ1v) is 10.8. The number of primary amides is 1. The molecule has 2 heterocycles. The van der Waals surface area contributed by atoms with Gasteiger partial charge in [-0.1, -0.05) is 5.16 Å². The van der Waals surface area contributed by atoms with Crippen molar-refractivity contribution in [2.45, 2.75) is 38.7 Å². The molecule has 1 aliphatic rings. The summed E-state index contributed by atoms with van der Waals surface area (Å²) in [7, 11) is 0. The SMILES string of the molecule is CC(C)Oc1cc2c(C(=O)OC(N)=O)c(-c3ccc(F)cc3)oc2cc1-c1cc(C2CC2)on1. The molecule has 8 nitrogen and oxygen atoms in total. The van der Waals surface area contributed by atoms with Crippen molar-refractivity contribution in [3.63, 3.8) is 0 Å². The van der Waals surface area contributed by atoms with Crippen molar-refractivity contribution in [1.29, 1.82) is 0 Å². The van der Waals surface area contributed by atoms with E-state index in [0.29, 0.717) is 39.5 Å². The summed E-state index contributed by atoms with van der Waals surface area (Å²) in [4.78, 5) is 24.1. The number of esters is 1. The first-order chi connectivity index (χ1) is 16.3. The Hall–Kier alpha value is -4.14. The topological polar surface area (TPSA) is 118 Å². The van der Waals surface area contributed by atoms with Crippen molar-refractivity contribution in [3.8, 4) is 28.3 Å². The molecule has 0 aliphatic heterocycles. The van der Waals surface area contributed by atoms with Crippen molar-refractivity contribution in [3.05, 3.63) is 59.6 Å². The number of halogens is 1. The van der Waals surface area contributed by atoms with Crippen LogP contribution in [0.1, 0.15) is 48.7 Å². The molecule has 2 N–H and O–H groups in total. The number of hydrogen-bond acceptors (Lipinski definition) is 7. The fraction of sp³-hybridized carbons (Fsp3) is 0.240. The van der Waals surface area contributed by atoms with Crippen LogP contribution >= 0.6 is 0 Å². The molecular formula is C25H21FN2O6. The third kappa shape index (κ3) is 4.12. The maximum atomic E-state index is 13.5. The quantitative estimate of drug-likeness (QED) is 0.283. The van der Waals surface area contributed by atoms with Crippen LogP contribution in [0.5, 0.6) is 5.75 Å². The van der Waals surface area contributed by atoms with Gasteiger partial charge in [0.1, 0.15) is 39.9 Å². The van der Waals surface area contributed by atoms with Crippen molar-refractivity contribution in [2.24, 2.45) is 5.73 Å². The normalized spacial score (nSPS) is 13.4. The number of carbonyl (C=O) groups is 2. The van der Waals surface area contributed by atoms with Crippen molar-refractivity contribution in [2.75, 3.05) is 0 Å². The molecular weight excluding hydrogens is 443 g/mol. The standard InChI is InChI=1S/C25H21FN2O6/c1-12(2)31-20-10-17-21(9-16(20)18-11-19(34-28-18)13-3-4-13)32-23(14-5-7-15(26)8-6-14)22(17)24(29)33-25(27)30/h5-13H,3-4H2,1-2H3,(H2,27,30). The molecule has 5 rings (SSSR count). The second kappa shape index (κ2) is 8.33. The highest BCUT2D eigenvalue weighted by Crippen LogP contribution is 2.44. The molecule has 0 unspecified atom stereocenters. The summed E-state index contributed by atoms with van der Waals surface area (Å²) < 4.78 is 35.7. The Labute approximate surface area is 193 Å². The average molecular weight is 464 g/mol. The van der Waals surface area contributed by atoms with Gasteiger partial charge in [0.05, 0.1) is 6.10 Å². The fourth-order valence-corrected chi connectivity index (χ4v) is 3.80. The predicted octanol–water partition coefficient (Wildman–Crippen LogP) is 5.79. The van der Waals surface area contributed by atoms with Crippen molar-refractivity contribution in [1.82, 2.24) is 5.16 Å². The zero-order valence-corrected chi connectivity index (χ0v) is 18.5. The van der Waals surface area contributed by atoms with Gasteiger partial charge in [0, 0.05) is 28.5 Å². The highest BCUT2D eigenvalue weighted by atomic mass is 19.1. The van der Waals surface area contributed by atoms with Crippen LogP contribution in [0.4, 0.5) is 9.18 Å². The van der Waals surface area contributed by atoms with E-state index in [0.717, 1.165) is 18.6 Å². The Balaban J connectivity index is 1.72. The number of aromatic nitrogens is 1. The number of nitrogens with zero attached hydrogens (tertiary/aromatic N) is 1. The minimum absolute atomic E-state index is 0.0283. The smallest absolute Gasteiger partial charge is 0.412 e. The lowest BCUT2D eigenvalue weighted by molar-refractivity contribution is 0.0640. The number of hydrogen-bond donors (Lipinski definition) is 1. The Morgan fingerprint density at radius 2 is 1.88 bits per heavy atom. The van der Waals surface area contributed by atoms with Crippen LogP contribution in [0.3, 0.4) is 0 Å². The van der Waals surface area contributed by atoms with Gasteiger partial charge in [-0.25, -0.2) is 14.0 Å². The molecule has 1 saturated carbocycles. The van der Waals surface area contributed by atoms with Gasteiger partial charge in [0.2, 0.25) is 0 Å². The van der Waals surface area contributed by atoms with Crippen LogP contribution in [0.15, 0.2) is 51.4 Å². The van der Waals surface area contributed by atoms with Crippen LogP contribution in [-0.4, -0.2) is 23.3 Å². The van der Waals surface area contributed by atoms with E-state index in [1.165, 1.54) is 24.3 Å². The third-order valence-electron chi connectivity index (χ3n) is 5.44. The summed E-state index contributed by atoms with van der Waals surface area (Å²) in [5.74, 6) is 0.288. The molecule has 0 atom stereocenters. The van der Waals surface area contributed by atoms with E-state index in [-0.39, 0.29) is 17.4 Å². The number of amides is 1. The lowest BCUT2D eigenvalue weighted by Gasteiger charge is -2.13. The Morgan fingerprint density at radius 3 is 2.53 bits per heavy atom. The number of fused-ring (bicyclic) bond motifs is 1. The highest BCUT2D eigenvalue weighted by molar-refractivity contribution is 6.12.